The molecule has 3 nitrogen and oxygen atoms in total. The zero-order chi connectivity index (χ0) is 13.8. The third kappa shape index (κ3) is 3.61. The second-order valence-electron chi connectivity index (χ2n) is 4.72. The Morgan fingerprint density at radius 2 is 1.84 bits per heavy atom. The Balaban J connectivity index is 2.09. The molecule has 1 atom stereocenters. The molecule has 0 bridgehead atoms. The summed E-state index contributed by atoms with van der Waals surface area (Å²) in [7, 11) is 4.07. The third-order valence-corrected chi connectivity index (χ3v) is 3.23. The van der Waals surface area contributed by atoms with Gasteiger partial charge in [-0.2, -0.15) is 0 Å². The van der Waals surface area contributed by atoms with Gasteiger partial charge in [-0.15, -0.1) is 0 Å². The maximum Gasteiger partial charge on any atom is 0.131 e. The van der Waals surface area contributed by atoms with Gasteiger partial charge in [-0.1, -0.05) is 23.7 Å². The zero-order valence-corrected chi connectivity index (χ0v) is 12.1. The van der Waals surface area contributed by atoms with Gasteiger partial charge in [-0.05, 0) is 36.8 Å². The predicted molar refractivity (Wildman–Crippen MR) is 82.1 cm³/mol. The molecule has 1 aromatic heterocycles. The van der Waals surface area contributed by atoms with E-state index >= 15 is 0 Å². The van der Waals surface area contributed by atoms with Crippen molar-refractivity contribution in [2.75, 3.05) is 24.3 Å². The summed E-state index contributed by atoms with van der Waals surface area (Å²) in [6, 6.07) is 12.5. The van der Waals surface area contributed by atoms with Crippen molar-refractivity contribution in [3.63, 3.8) is 0 Å². The van der Waals surface area contributed by atoms with E-state index in [0.29, 0.717) is 5.15 Å². The molecule has 0 saturated heterocycles. The summed E-state index contributed by atoms with van der Waals surface area (Å²) in [5.41, 5.74) is 3.41. The highest BCUT2D eigenvalue weighted by atomic mass is 35.5. The van der Waals surface area contributed by atoms with Crippen molar-refractivity contribution in [2.24, 2.45) is 0 Å². The van der Waals surface area contributed by atoms with E-state index in [9.17, 15) is 0 Å². The number of aromatic nitrogens is 1. The molecule has 0 saturated carbocycles. The normalized spacial score (nSPS) is 12.0. The molecule has 0 aliphatic rings. The molecule has 4 heteroatoms. The Labute approximate surface area is 119 Å². The van der Waals surface area contributed by atoms with Crippen LogP contribution in [-0.2, 0) is 0 Å². The molecule has 1 heterocycles. The van der Waals surface area contributed by atoms with Crippen molar-refractivity contribution in [2.45, 2.75) is 13.0 Å². The molecule has 100 valence electrons. The number of hydrogen-bond acceptors (Lipinski definition) is 3. The van der Waals surface area contributed by atoms with E-state index in [1.165, 1.54) is 11.3 Å². The highest BCUT2D eigenvalue weighted by molar-refractivity contribution is 6.29. The smallest absolute Gasteiger partial charge is 0.131 e. The van der Waals surface area contributed by atoms with Crippen LogP contribution in [-0.4, -0.2) is 19.1 Å². The van der Waals surface area contributed by atoms with Crippen molar-refractivity contribution < 1.29 is 0 Å². The fourth-order valence-corrected chi connectivity index (χ4v) is 2.06. The highest BCUT2D eigenvalue weighted by Gasteiger charge is 2.06. The van der Waals surface area contributed by atoms with Crippen LogP contribution in [0, 0.1) is 0 Å². The van der Waals surface area contributed by atoms with Gasteiger partial charge in [0, 0.05) is 37.7 Å². The van der Waals surface area contributed by atoms with E-state index in [0.717, 1.165) is 5.69 Å². The molecule has 2 rings (SSSR count). The fourth-order valence-electron chi connectivity index (χ4n) is 1.89. The van der Waals surface area contributed by atoms with Crippen LogP contribution in [0.25, 0.3) is 0 Å². The standard InChI is InChI=1S/C15H18ClN3/c1-11(18-13-8-9-17-15(16)10-13)12-4-6-14(7-5-12)19(2)3/h4-11H,1-3H3,(H,17,18). The number of rotatable bonds is 4. The van der Waals surface area contributed by atoms with Gasteiger partial charge in [0.2, 0.25) is 0 Å². The van der Waals surface area contributed by atoms with Gasteiger partial charge in [0.05, 0.1) is 0 Å². The number of nitrogens with one attached hydrogen (secondary N) is 1. The van der Waals surface area contributed by atoms with Gasteiger partial charge in [0.15, 0.2) is 0 Å². The van der Waals surface area contributed by atoms with Crippen molar-refractivity contribution in [3.8, 4) is 0 Å². The molecule has 1 N–H and O–H groups in total. The van der Waals surface area contributed by atoms with Gasteiger partial charge >= 0.3 is 0 Å². The minimum absolute atomic E-state index is 0.217. The van der Waals surface area contributed by atoms with Crippen LogP contribution in [0.1, 0.15) is 18.5 Å². The second-order valence-corrected chi connectivity index (χ2v) is 5.11. The number of hydrogen-bond donors (Lipinski definition) is 1. The van der Waals surface area contributed by atoms with Gasteiger partial charge in [0.1, 0.15) is 5.15 Å². The molecule has 19 heavy (non-hydrogen) atoms. The van der Waals surface area contributed by atoms with Crippen molar-refractivity contribution in [1.82, 2.24) is 4.98 Å². The molecular formula is C15H18ClN3. The summed E-state index contributed by atoms with van der Waals surface area (Å²) < 4.78 is 0. The topological polar surface area (TPSA) is 28.2 Å². The maximum atomic E-state index is 5.87. The lowest BCUT2D eigenvalue weighted by molar-refractivity contribution is 0.883. The average molecular weight is 276 g/mol. The third-order valence-electron chi connectivity index (χ3n) is 3.02. The van der Waals surface area contributed by atoms with Crippen LogP contribution in [0.15, 0.2) is 42.6 Å². The molecule has 0 radical (unpaired) electrons. The van der Waals surface area contributed by atoms with Gasteiger partial charge in [0.25, 0.3) is 0 Å². The summed E-state index contributed by atoms with van der Waals surface area (Å²) in [6.45, 7) is 2.12. The van der Waals surface area contributed by atoms with Gasteiger partial charge in [-0.25, -0.2) is 4.98 Å². The fraction of sp³-hybridized carbons (Fsp3) is 0.267. The molecule has 2 aromatic rings. The Bertz CT molecular complexity index is 537. The summed E-state index contributed by atoms with van der Waals surface area (Å²) in [5.74, 6) is 0. The van der Waals surface area contributed by atoms with Crippen LogP contribution in [0.3, 0.4) is 0 Å². The average Bonchev–Trinajstić information content (AvgIpc) is 2.39. The Morgan fingerprint density at radius 1 is 1.16 bits per heavy atom. The second kappa shape index (κ2) is 5.93. The monoisotopic (exact) mass is 275 g/mol. The SMILES string of the molecule is CC(Nc1ccnc(Cl)c1)c1ccc(N(C)C)cc1. The number of halogens is 1. The zero-order valence-electron chi connectivity index (χ0n) is 11.4. The first-order chi connectivity index (χ1) is 9.06. The van der Waals surface area contributed by atoms with E-state index in [4.69, 9.17) is 11.6 Å². The lowest BCUT2D eigenvalue weighted by Crippen LogP contribution is -2.10. The minimum Gasteiger partial charge on any atom is -0.378 e. The molecule has 0 spiro atoms. The van der Waals surface area contributed by atoms with E-state index < -0.39 is 0 Å². The summed E-state index contributed by atoms with van der Waals surface area (Å²) in [4.78, 5) is 6.06. The molecule has 1 unspecified atom stereocenters. The van der Waals surface area contributed by atoms with Crippen molar-refractivity contribution in [3.05, 3.63) is 53.3 Å². The summed E-state index contributed by atoms with van der Waals surface area (Å²) in [6.07, 6.45) is 1.70. The van der Waals surface area contributed by atoms with Crippen LogP contribution in [0.5, 0.6) is 0 Å². The summed E-state index contributed by atoms with van der Waals surface area (Å²) in [5, 5.41) is 3.91. The minimum atomic E-state index is 0.217. The quantitative estimate of drug-likeness (QED) is 0.856. The molecule has 1 aromatic carbocycles. The maximum absolute atomic E-state index is 5.87. The van der Waals surface area contributed by atoms with Gasteiger partial charge < -0.3 is 10.2 Å². The number of anilines is 2. The number of pyridine rings is 1. The van der Waals surface area contributed by atoms with E-state index in [2.05, 4.69) is 46.4 Å². The Morgan fingerprint density at radius 3 is 2.42 bits per heavy atom. The largest absolute Gasteiger partial charge is 0.378 e. The lowest BCUT2D eigenvalue weighted by Gasteiger charge is -2.18. The van der Waals surface area contributed by atoms with Crippen LogP contribution in [0.4, 0.5) is 11.4 Å². The van der Waals surface area contributed by atoms with Gasteiger partial charge in [-0.3, -0.25) is 0 Å². The first-order valence-corrected chi connectivity index (χ1v) is 6.59. The molecular weight excluding hydrogens is 258 g/mol. The van der Waals surface area contributed by atoms with Crippen molar-refractivity contribution in [1.29, 1.82) is 0 Å². The highest BCUT2D eigenvalue weighted by Crippen LogP contribution is 2.22. The van der Waals surface area contributed by atoms with Crippen LogP contribution >= 0.6 is 11.6 Å². The Kier molecular flexibility index (Phi) is 4.27. The predicted octanol–water partition coefficient (Wildman–Crippen LogP) is 3.97. The number of benzene rings is 1. The van der Waals surface area contributed by atoms with E-state index in [1.54, 1.807) is 6.20 Å². The van der Waals surface area contributed by atoms with Crippen LogP contribution in [0.2, 0.25) is 5.15 Å². The van der Waals surface area contributed by atoms with E-state index in [-0.39, 0.29) is 6.04 Å². The van der Waals surface area contributed by atoms with Crippen LogP contribution < -0.4 is 10.2 Å². The van der Waals surface area contributed by atoms with E-state index in [1.807, 2.05) is 26.2 Å². The molecule has 0 aliphatic heterocycles. The van der Waals surface area contributed by atoms with Crippen molar-refractivity contribution >= 4 is 23.0 Å². The summed E-state index contributed by atoms with van der Waals surface area (Å²) >= 11 is 5.87. The number of nitrogens with zero attached hydrogens (tertiary/aromatic N) is 2. The Hall–Kier alpha value is -1.74. The lowest BCUT2D eigenvalue weighted by atomic mass is 10.1. The molecule has 0 amide bonds. The first kappa shape index (κ1) is 13.7. The first-order valence-electron chi connectivity index (χ1n) is 6.21. The molecule has 0 aliphatic carbocycles. The molecule has 0 fully saturated rings.